The Morgan fingerprint density at radius 2 is 1.63 bits per heavy atom. The first kappa shape index (κ1) is 16.2. The van der Waals surface area contributed by atoms with E-state index in [4.69, 9.17) is 4.43 Å². The first-order valence-corrected chi connectivity index (χ1v) is 10.1. The van der Waals surface area contributed by atoms with Crippen LogP contribution in [-0.4, -0.2) is 14.9 Å². The van der Waals surface area contributed by atoms with E-state index in [9.17, 15) is 0 Å². The van der Waals surface area contributed by atoms with Crippen molar-refractivity contribution in [1.29, 1.82) is 0 Å². The fourth-order valence-electron chi connectivity index (χ4n) is 1.59. The maximum Gasteiger partial charge on any atom is 0.191 e. The second kappa shape index (κ2) is 7.06. The summed E-state index contributed by atoms with van der Waals surface area (Å²) in [6.45, 7) is 12.4. The topological polar surface area (TPSA) is 9.23 Å². The molecule has 0 aromatic heterocycles. The molecule has 0 aromatic carbocycles. The van der Waals surface area contributed by atoms with E-state index >= 15 is 0 Å². The SMILES string of the molecule is CC(C)(C)[Si](C)(C)OCCCC1=C/C=C\C=C/C=C\1. The van der Waals surface area contributed by atoms with Gasteiger partial charge in [-0.15, -0.1) is 0 Å². The molecule has 1 aliphatic rings. The van der Waals surface area contributed by atoms with Gasteiger partial charge in [-0.3, -0.25) is 0 Å². The highest BCUT2D eigenvalue weighted by atomic mass is 28.4. The minimum Gasteiger partial charge on any atom is -0.417 e. The maximum atomic E-state index is 6.20. The number of hydrogen-bond donors (Lipinski definition) is 0. The molecule has 0 aromatic rings. The van der Waals surface area contributed by atoms with Gasteiger partial charge in [-0.05, 0) is 36.5 Å². The first-order chi connectivity index (χ1) is 8.83. The number of allylic oxidation sites excluding steroid dienone is 8. The van der Waals surface area contributed by atoms with Crippen LogP contribution in [0.3, 0.4) is 0 Å². The van der Waals surface area contributed by atoms with Gasteiger partial charge in [-0.25, -0.2) is 0 Å². The first-order valence-electron chi connectivity index (χ1n) is 7.17. The van der Waals surface area contributed by atoms with E-state index in [2.05, 4.69) is 70.3 Å². The summed E-state index contributed by atoms with van der Waals surface area (Å²) in [5.74, 6) is 0. The molecule has 0 atom stereocenters. The predicted molar refractivity (Wildman–Crippen MR) is 87.9 cm³/mol. The van der Waals surface area contributed by atoms with E-state index < -0.39 is 8.32 Å². The van der Waals surface area contributed by atoms with Crippen LogP contribution in [0.2, 0.25) is 18.1 Å². The summed E-state index contributed by atoms with van der Waals surface area (Å²) in [5, 5.41) is 0.305. The second-order valence-corrected chi connectivity index (χ2v) is 11.4. The Hall–Kier alpha value is -0.863. The smallest absolute Gasteiger partial charge is 0.191 e. The molecule has 0 radical (unpaired) electrons. The average Bonchev–Trinajstić information content (AvgIpc) is 2.24. The molecule has 1 rings (SSSR count). The molecule has 19 heavy (non-hydrogen) atoms. The predicted octanol–water partition coefficient (Wildman–Crippen LogP) is 5.40. The van der Waals surface area contributed by atoms with Crippen LogP contribution in [0.5, 0.6) is 0 Å². The Bertz CT molecular complexity index is 392. The van der Waals surface area contributed by atoms with E-state index in [1.54, 1.807) is 0 Å². The van der Waals surface area contributed by atoms with Crippen molar-refractivity contribution in [2.45, 2.75) is 51.7 Å². The lowest BCUT2D eigenvalue weighted by Crippen LogP contribution is -2.40. The van der Waals surface area contributed by atoms with Gasteiger partial charge < -0.3 is 4.43 Å². The summed E-state index contributed by atoms with van der Waals surface area (Å²) in [5.41, 5.74) is 1.37. The summed E-state index contributed by atoms with van der Waals surface area (Å²) in [4.78, 5) is 0. The largest absolute Gasteiger partial charge is 0.417 e. The molecule has 1 nitrogen and oxygen atoms in total. The van der Waals surface area contributed by atoms with Gasteiger partial charge in [0.15, 0.2) is 8.32 Å². The molecule has 0 amide bonds. The highest BCUT2D eigenvalue weighted by Crippen LogP contribution is 2.36. The zero-order valence-electron chi connectivity index (χ0n) is 13.1. The monoisotopic (exact) mass is 276 g/mol. The van der Waals surface area contributed by atoms with Crippen molar-refractivity contribution in [3.05, 3.63) is 48.1 Å². The Morgan fingerprint density at radius 1 is 1.00 bits per heavy atom. The maximum absolute atomic E-state index is 6.20. The van der Waals surface area contributed by atoms with Crippen LogP contribution in [0.1, 0.15) is 33.6 Å². The lowest BCUT2D eigenvalue weighted by Gasteiger charge is -2.36. The fourth-order valence-corrected chi connectivity index (χ4v) is 2.68. The molecule has 0 heterocycles. The van der Waals surface area contributed by atoms with Crippen molar-refractivity contribution in [3.63, 3.8) is 0 Å². The number of hydrogen-bond acceptors (Lipinski definition) is 1. The van der Waals surface area contributed by atoms with Crippen molar-refractivity contribution < 1.29 is 4.43 Å². The van der Waals surface area contributed by atoms with E-state index in [0.717, 1.165) is 19.4 Å². The van der Waals surface area contributed by atoms with Gasteiger partial charge in [-0.2, -0.15) is 0 Å². The molecule has 1 aliphatic carbocycles. The van der Waals surface area contributed by atoms with Crippen LogP contribution in [0.4, 0.5) is 0 Å². The van der Waals surface area contributed by atoms with Gasteiger partial charge in [-0.1, -0.05) is 63.3 Å². The van der Waals surface area contributed by atoms with Crippen molar-refractivity contribution in [1.82, 2.24) is 0 Å². The van der Waals surface area contributed by atoms with Crippen LogP contribution in [-0.2, 0) is 4.43 Å². The molecule has 0 N–H and O–H groups in total. The number of rotatable bonds is 5. The zero-order valence-corrected chi connectivity index (χ0v) is 14.1. The summed E-state index contributed by atoms with van der Waals surface area (Å²) >= 11 is 0. The zero-order chi connectivity index (χ0) is 14.4. The highest BCUT2D eigenvalue weighted by Gasteiger charge is 2.36. The standard InChI is InChI=1S/C17H28OSi/c1-17(2,3)19(4,5)18-15-11-14-16-12-9-7-6-8-10-13-16/h6-10,12-13H,11,14-15H2,1-5H3/b7-6-,8-6?,9-7?,10-8-,12-9-,13-10?,16-12?,16-13+. The molecule has 0 aliphatic heterocycles. The summed E-state index contributed by atoms with van der Waals surface area (Å²) in [6, 6.07) is 0. The van der Waals surface area contributed by atoms with Crippen LogP contribution in [0.25, 0.3) is 0 Å². The fraction of sp³-hybridized carbons (Fsp3) is 0.529. The van der Waals surface area contributed by atoms with Gasteiger partial charge in [0.25, 0.3) is 0 Å². The normalized spacial score (nSPS) is 23.9. The Kier molecular flexibility index (Phi) is 6.02. The van der Waals surface area contributed by atoms with E-state index in [1.165, 1.54) is 5.57 Å². The lowest BCUT2D eigenvalue weighted by molar-refractivity contribution is 0.283. The lowest BCUT2D eigenvalue weighted by atomic mass is 10.1. The third-order valence-corrected chi connectivity index (χ3v) is 8.48. The average molecular weight is 276 g/mol. The molecule has 0 bridgehead atoms. The summed E-state index contributed by atoms with van der Waals surface area (Å²) in [7, 11) is -1.57. The third kappa shape index (κ3) is 5.75. The Labute approximate surface area is 119 Å². The molecule has 0 saturated heterocycles. The Balaban J connectivity index is 2.35. The quantitative estimate of drug-likeness (QED) is 0.483. The van der Waals surface area contributed by atoms with E-state index in [-0.39, 0.29) is 0 Å². The third-order valence-electron chi connectivity index (χ3n) is 3.94. The summed E-state index contributed by atoms with van der Waals surface area (Å²) in [6.07, 6.45) is 16.9. The van der Waals surface area contributed by atoms with Crippen molar-refractivity contribution in [2.24, 2.45) is 0 Å². The second-order valence-electron chi connectivity index (χ2n) is 6.58. The van der Waals surface area contributed by atoms with Gasteiger partial charge >= 0.3 is 0 Å². The van der Waals surface area contributed by atoms with Gasteiger partial charge in [0.1, 0.15) is 0 Å². The van der Waals surface area contributed by atoms with Gasteiger partial charge in [0.05, 0.1) is 0 Å². The van der Waals surface area contributed by atoms with Gasteiger partial charge in [0, 0.05) is 6.61 Å². The molecular formula is C17H28OSi. The van der Waals surface area contributed by atoms with Crippen LogP contribution >= 0.6 is 0 Å². The van der Waals surface area contributed by atoms with Crippen LogP contribution in [0.15, 0.2) is 48.1 Å². The molecule has 106 valence electrons. The molecule has 0 unspecified atom stereocenters. The van der Waals surface area contributed by atoms with Crippen LogP contribution in [0, 0.1) is 0 Å². The van der Waals surface area contributed by atoms with E-state index in [1.807, 2.05) is 6.08 Å². The van der Waals surface area contributed by atoms with Crippen molar-refractivity contribution >= 4 is 8.32 Å². The van der Waals surface area contributed by atoms with Crippen molar-refractivity contribution in [3.8, 4) is 0 Å². The molecule has 0 fully saturated rings. The molecular weight excluding hydrogens is 248 g/mol. The van der Waals surface area contributed by atoms with Crippen molar-refractivity contribution in [2.75, 3.05) is 6.61 Å². The highest BCUT2D eigenvalue weighted by molar-refractivity contribution is 6.74. The summed E-state index contributed by atoms with van der Waals surface area (Å²) < 4.78 is 6.20. The Morgan fingerprint density at radius 3 is 2.32 bits per heavy atom. The minimum absolute atomic E-state index is 0.305. The van der Waals surface area contributed by atoms with E-state index in [0.29, 0.717) is 5.04 Å². The van der Waals surface area contributed by atoms with Crippen LogP contribution < -0.4 is 0 Å². The minimum atomic E-state index is -1.57. The molecule has 0 spiro atoms. The molecule has 0 saturated carbocycles. The van der Waals surface area contributed by atoms with Gasteiger partial charge in [0.2, 0.25) is 0 Å². The molecule has 2 heteroatoms.